The number of halogens is 1. The molecule has 2 N–H and O–H groups in total. The summed E-state index contributed by atoms with van der Waals surface area (Å²) in [7, 11) is 1.52. The number of rotatable bonds is 4. The molecule has 7 heteroatoms. The van der Waals surface area contributed by atoms with E-state index in [2.05, 4.69) is 31.2 Å². The fourth-order valence-electron chi connectivity index (χ4n) is 1.62. The van der Waals surface area contributed by atoms with E-state index < -0.39 is 5.97 Å². The molecule has 1 aromatic heterocycles. The second-order valence-electron chi connectivity index (χ2n) is 3.97. The second-order valence-corrected chi connectivity index (χ2v) is 4.82. The Labute approximate surface area is 124 Å². The van der Waals surface area contributed by atoms with Crippen molar-refractivity contribution >= 4 is 33.4 Å². The molecule has 2 rings (SSSR count). The molecule has 1 heterocycles. The average molecular weight is 338 g/mol. The van der Waals surface area contributed by atoms with Gasteiger partial charge < -0.3 is 15.2 Å². The van der Waals surface area contributed by atoms with Gasteiger partial charge in [-0.3, -0.25) is 0 Å². The highest BCUT2D eigenvalue weighted by Gasteiger charge is 2.10. The summed E-state index contributed by atoms with van der Waals surface area (Å²) in [6.07, 6.45) is 0. The van der Waals surface area contributed by atoms with Gasteiger partial charge in [0.2, 0.25) is 5.88 Å². The molecule has 0 spiro atoms. The first-order valence-electron chi connectivity index (χ1n) is 5.69. The van der Waals surface area contributed by atoms with Gasteiger partial charge in [-0.05, 0) is 41.1 Å². The number of ether oxygens (including phenoxy) is 1. The summed E-state index contributed by atoms with van der Waals surface area (Å²) < 4.78 is 5.58. The van der Waals surface area contributed by atoms with Gasteiger partial charge in [-0.1, -0.05) is 0 Å². The van der Waals surface area contributed by atoms with Gasteiger partial charge in [0.05, 0.1) is 12.7 Å². The molecule has 2 aromatic rings. The van der Waals surface area contributed by atoms with Crippen molar-refractivity contribution in [3.05, 3.63) is 40.1 Å². The van der Waals surface area contributed by atoms with Crippen molar-refractivity contribution in [3.8, 4) is 5.88 Å². The summed E-state index contributed by atoms with van der Waals surface area (Å²) in [6, 6.07) is 6.57. The minimum absolute atomic E-state index is 0.174. The highest BCUT2D eigenvalue weighted by atomic mass is 79.9. The van der Waals surface area contributed by atoms with E-state index in [0.29, 0.717) is 27.7 Å². The number of hydrogen-bond donors (Lipinski definition) is 2. The summed E-state index contributed by atoms with van der Waals surface area (Å²) in [5.41, 5.74) is 0.790. The lowest BCUT2D eigenvalue weighted by molar-refractivity contribution is 0.0696. The Balaban J connectivity index is 2.32. The molecule has 104 valence electrons. The Morgan fingerprint density at radius 1 is 1.35 bits per heavy atom. The molecule has 0 radical (unpaired) electrons. The Bertz CT molecular complexity index is 661. The molecule has 0 fully saturated rings. The van der Waals surface area contributed by atoms with Gasteiger partial charge in [-0.15, -0.1) is 0 Å². The van der Waals surface area contributed by atoms with Crippen LogP contribution in [0.15, 0.2) is 28.7 Å². The van der Waals surface area contributed by atoms with Crippen LogP contribution in [0.3, 0.4) is 0 Å². The number of aromatic nitrogens is 2. The van der Waals surface area contributed by atoms with Crippen molar-refractivity contribution in [1.29, 1.82) is 0 Å². The van der Waals surface area contributed by atoms with E-state index in [1.54, 1.807) is 25.1 Å². The van der Waals surface area contributed by atoms with E-state index in [1.807, 2.05) is 0 Å². The first kappa shape index (κ1) is 14.3. The molecule has 20 heavy (non-hydrogen) atoms. The first-order valence-corrected chi connectivity index (χ1v) is 6.48. The highest BCUT2D eigenvalue weighted by molar-refractivity contribution is 9.10. The molecule has 0 amide bonds. The van der Waals surface area contributed by atoms with E-state index in [9.17, 15) is 4.79 Å². The Kier molecular flexibility index (Phi) is 4.19. The van der Waals surface area contributed by atoms with Crippen molar-refractivity contribution in [2.45, 2.75) is 6.92 Å². The fraction of sp³-hybridized carbons (Fsp3) is 0.154. The lowest BCUT2D eigenvalue weighted by Gasteiger charge is -2.09. The quantitative estimate of drug-likeness (QED) is 0.892. The number of anilines is 2. The number of nitrogens with zero attached hydrogens (tertiary/aromatic N) is 2. The summed E-state index contributed by atoms with van der Waals surface area (Å²) >= 11 is 3.20. The predicted molar refractivity (Wildman–Crippen MR) is 77.7 cm³/mol. The zero-order chi connectivity index (χ0) is 14.7. The molecule has 0 atom stereocenters. The fourth-order valence-corrected chi connectivity index (χ4v) is 2.04. The van der Waals surface area contributed by atoms with Crippen LogP contribution in [0.25, 0.3) is 0 Å². The minimum atomic E-state index is -1.00. The topological polar surface area (TPSA) is 84.3 Å². The molecule has 0 saturated heterocycles. The number of methoxy groups -OCH3 is 1. The molecule has 0 aliphatic carbocycles. The van der Waals surface area contributed by atoms with Crippen LogP contribution in [0.4, 0.5) is 11.5 Å². The zero-order valence-electron chi connectivity index (χ0n) is 10.8. The van der Waals surface area contributed by atoms with Crippen LogP contribution in [0.5, 0.6) is 5.88 Å². The van der Waals surface area contributed by atoms with Gasteiger partial charge in [0, 0.05) is 16.2 Å². The molecule has 0 aliphatic rings. The van der Waals surface area contributed by atoms with E-state index in [1.165, 1.54) is 13.2 Å². The standard InChI is InChI=1S/C13H12BrN3O3/c1-7-15-11(6-12(16-7)20-2)17-8-3-4-10(14)9(5-8)13(18)19/h3-6H,1-2H3,(H,18,19)(H,15,16,17). The van der Waals surface area contributed by atoms with Gasteiger partial charge in [-0.2, -0.15) is 4.98 Å². The van der Waals surface area contributed by atoms with E-state index >= 15 is 0 Å². The maximum Gasteiger partial charge on any atom is 0.336 e. The number of carbonyl (C=O) groups is 1. The number of carboxylic acid groups (broad SMARTS) is 1. The molecule has 0 saturated carbocycles. The number of hydrogen-bond acceptors (Lipinski definition) is 5. The number of benzene rings is 1. The average Bonchev–Trinajstić information content (AvgIpc) is 2.40. The summed E-state index contributed by atoms with van der Waals surface area (Å²) in [4.78, 5) is 19.4. The summed E-state index contributed by atoms with van der Waals surface area (Å²) in [5, 5.41) is 12.1. The first-order chi connectivity index (χ1) is 9.49. The monoisotopic (exact) mass is 337 g/mol. The molecular weight excluding hydrogens is 326 g/mol. The largest absolute Gasteiger partial charge is 0.481 e. The minimum Gasteiger partial charge on any atom is -0.481 e. The van der Waals surface area contributed by atoms with Crippen LogP contribution < -0.4 is 10.1 Å². The number of nitrogens with one attached hydrogen (secondary N) is 1. The van der Waals surface area contributed by atoms with Gasteiger partial charge in [0.15, 0.2) is 0 Å². The van der Waals surface area contributed by atoms with E-state index in [-0.39, 0.29) is 5.56 Å². The molecule has 0 unspecified atom stereocenters. The molecule has 1 aromatic carbocycles. The van der Waals surface area contributed by atoms with Crippen molar-refractivity contribution in [2.75, 3.05) is 12.4 Å². The van der Waals surface area contributed by atoms with Crippen molar-refractivity contribution in [2.24, 2.45) is 0 Å². The maximum absolute atomic E-state index is 11.1. The Morgan fingerprint density at radius 2 is 2.10 bits per heavy atom. The van der Waals surface area contributed by atoms with Gasteiger partial charge in [-0.25, -0.2) is 9.78 Å². The summed E-state index contributed by atoms with van der Waals surface area (Å²) in [6.45, 7) is 1.75. The van der Waals surface area contributed by atoms with Crippen molar-refractivity contribution in [3.63, 3.8) is 0 Å². The van der Waals surface area contributed by atoms with Crippen molar-refractivity contribution in [1.82, 2.24) is 9.97 Å². The normalized spacial score (nSPS) is 10.2. The predicted octanol–water partition coefficient (Wildman–Crippen LogP) is 3.00. The van der Waals surface area contributed by atoms with E-state index in [0.717, 1.165) is 0 Å². The number of aryl methyl sites for hydroxylation is 1. The Morgan fingerprint density at radius 3 is 2.75 bits per heavy atom. The van der Waals surface area contributed by atoms with Gasteiger partial charge in [0.25, 0.3) is 0 Å². The van der Waals surface area contributed by atoms with Crippen LogP contribution in [0.2, 0.25) is 0 Å². The van der Waals surface area contributed by atoms with Gasteiger partial charge in [0.1, 0.15) is 11.6 Å². The van der Waals surface area contributed by atoms with Crippen LogP contribution in [-0.4, -0.2) is 28.2 Å². The second kappa shape index (κ2) is 5.87. The molecular formula is C13H12BrN3O3. The lowest BCUT2D eigenvalue weighted by atomic mass is 10.2. The molecule has 6 nitrogen and oxygen atoms in total. The summed E-state index contributed by atoms with van der Waals surface area (Å²) in [5.74, 6) is 0.531. The van der Waals surface area contributed by atoms with Crippen LogP contribution >= 0.6 is 15.9 Å². The third-order valence-corrected chi connectivity index (χ3v) is 3.18. The smallest absolute Gasteiger partial charge is 0.336 e. The number of aromatic carboxylic acids is 1. The maximum atomic E-state index is 11.1. The van der Waals surface area contributed by atoms with Crippen LogP contribution in [-0.2, 0) is 0 Å². The molecule has 0 bridgehead atoms. The van der Waals surface area contributed by atoms with Crippen molar-refractivity contribution < 1.29 is 14.6 Å². The third-order valence-electron chi connectivity index (χ3n) is 2.49. The Hall–Kier alpha value is -2.15. The lowest BCUT2D eigenvalue weighted by Crippen LogP contribution is -2.02. The zero-order valence-corrected chi connectivity index (χ0v) is 12.4. The van der Waals surface area contributed by atoms with Crippen LogP contribution in [0, 0.1) is 6.92 Å². The van der Waals surface area contributed by atoms with E-state index in [4.69, 9.17) is 9.84 Å². The molecule has 0 aliphatic heterocycles. The van der Waals surface area contributed by atoms with Gasteiger partial charge >= 0.3 is 5.97 Å². The third kappa shape index (κ3) is 3.24. The van der Waals surface area contributed by atoms with Crippen LogP contribution in [0.1, 0.15) is 16.2 Å². The highest BCUT2D eigenvalue weighted by Crippen LogP contribution is 2.24. The number of carboxylic acids is 1. The SMILES string of the molecule is COc1cc(Nc2ccc(Br)c(C(=O)O)c2)nc(C)n1.